The van der Waals surface area contributed by atoms with Gasteiger partial charge in [0.15, 0.2) is 5.76 Å². The third-order valence-electron chi connectivity index (χ3n) is 3.76. The molecule has 2 heterocycles. The second kappa shape index (κ2) is 5.79. The van der Waals surface area contributed by atoms with Crippen LogP contribution in [0.2, 0.25) is 0 Å². The Morgan fingerprint density at radius 2 is 2.08 bits per heavy atom. The third kappa shape index (κ3) is 2.72. The van der Waals surface area contributed by atoms with E-state index in [0.717, 1.165) is 0 Å². The molecule has 0 spiro atoms. The summed E-state index contributed by atoms with van der Waals surface area (Å²) >= 11 is 0. The minimum Gasteiger partial charge on any atom is -0.508 e. The van der Waals surface area contributed by atoms with E-state index in [4.69, 9.17) is 4.42 Å². The molecule has 2 aromatic heterocycles. The van der Waals surface area contributed by atoms with E-state index in [1.807, 2.05) is 0 Å². The summed E-state index contributed by atoms with van der Waals surface area (Å²) in [6.45, 7) is 0. The van der Waals surface area contributed by atoms with Gasteiger partial charge in [-0.2, -0.15) is 0 Å². The van der Waals surface area contributed by atoms with Crippen molar-refractivity contribution in [1.29, 1.82) is 0 Å². The predicted molar refractivity (Wildman–Crippen MR) is 90.9 cm³/mol. The van der Waals surface area contributed by atoms with Gasteiger partial charge in [-0.05, 0) is 36.4 Å². The zero-order valence-corrected chi connectivity index (χ0v) is 12.8. The molecule has 0 aliphatic heterocycles. The van der Waals surface area contributed by atoms with Crippen molar-refractivity contribution in [2.24, 2.45) is 0 Å². The zero-order valence-electron chi connectivity index (χ0n) is 12.8. The Morgan fingerprint density at radius 3 is 2.88 bits per heavy atom. The number of hydrogen-bond donors (Lipinski definition) is 2. The van der Waals surface area contributed by atoms with Gasteiger partial charge in [-0.15, -0.1) is 0 Å². The molecule has 4 rings (SSSR count). The molecule has 0 saturated carbocycles. The Hall–Kier alpha value is -3.61. The van der Waals surface area contributed by atoms with Gasteiger partial charge in [0.05, 0.1) is 17.4 Å². The lowest BCUT2D eigenvalue weighted by Crippen LogP contribution is -1.96. The number of oxazole rings is 1. The Kier molecular flexibility index (Phi) is 3.46. The first-order chi connectivity index (χ1) is 12.1. The van der Waals surface area contributed by atoms with E-state index in [0.29, 0.717) is 34.5 Å². The minimum atomic E-state index is -0.383. The average molecular weight is 337 g/mol. The topological polar surface area (TPSA) is 80.3 Å². The van der Waals surface area contributed by atoms with Crippen molar-refractivity contribution in [3.63, 3.8) is 0 Å². The number of nitrogens with zero attached hydrogens (tertiary/aromatic N) is 2. The van der Waals surface area contributed by atoms with Crippen LogP contribution in [-0.4, -0.2) is 21.1 Å². The number of aromatic nitrogens is 2. The summed E-state index contributed by atoms with van der Waals surface area (Å²) in [6.07, 6.45) is 2.11. The number of nitrogens with one attached hydrogen (secondary N) is 1. The SMILES string of the molecule is O=Cn1c(-c2cnc(Nc3cccc(O)c3)o2)cc2cc(F)ccc21. The molecule has 2 aromatic carbocycles. The summed E-state index contributed by atoms with van der Waals surface area (Å²) in [7, 11) is 0. The van der Waals surface area contributed by atoms with Crippen LogP contribution >= 0.6 is 0 Å². The maximum atomic E-state index is 13.4. The zero-order chi connectivity index (χ0) is 17.4. The Balaban J connectivity index is 1.72. The number of halogens is 1. The van der Waals surface area contributed by atoms with Gasteiger partial charge in [0.25, 0.3) is 6.01 Å². The van der Waals surface area contributed by atoms with Crippen LogP contribution in [0.3, 0.4) is 0 Å². The average Bonchev–Trinajstić information content (AvgIpc) is 3.18. The van der Waals surface area contributed by atoms with Crippen molar-refractivity contribution in [1.82, 2.24) is 9.55 Å². The van der Waals surface area contributed by atoms with Gasteiger partial charge in [0.1, 0.15) is 11.6 Å². The first-order valence-electron chi connectivity index (χ1n) is 7.42. The third-order valence-corrected chi connectivity index (χ3v) is 3.76. The van der Waals surface area contributed by atoms with E-state index < -0.39 is 0 Å². The largest absolute Gasteiger partial charge is 0.508 e. The summed E-state index contributed by atoms with van der Waals surface area (Å²) < 4.78 is 20.4. The number of benzene rings is 2. The van der Waals surface area contributed by atoms with Crippen molar-refractivity contribution < 1.29 is 18.7 Å². The molecular weight excluding hydrogens is 325 g/mol. The second-order valence-corrected chi connectivity index (χ2v) is 5.41. The fourth-order valence-corrected chi connectivity index (χ4v) is 2.67. The lowest BCUT2D eigenvalue weighted by molar-refractivity contribution is 0.475. The van der Waals surface area contributed by atoms with Gasteiger partial charge in [-0.1, -0.05) is 6.07 Å². The lowest BCUT2D eigenvalue weighted by atomic mass is 10.2. The molecule has 25 heavy (non-hydrogen) atoms. The number of fused-ring (bicyclic) bond motifs is 1. The first kappa shape index (κ1) is 14.9. The Bertz CT molecular complexity index is 1080. The molecule has 124 valence electrons. The normalized spacial score (nSPS) is 10.9. The van der Waals surface area contributed by atoms with Crippen LogP contribution in [0.4, 0.5) is 16.1 Å². The van der Waals surface area contributed by atoms with Gasteiger partial charge in [-0.25, -0.2) is 9.37 Å². The van der Waals surface area contributed by atoms with E-state index in [2.05, 4.69) is 10.3 Å². The smallest absolute Gasteiger partial charge is 0.299 e. The second-order valence-electron chi connectivity index (χ2n) is 5.41. The van der Waals surface area contributed by atoms with Crippen LogP contribution < -0.4 is 5.32 Å². The van der Waals surface area contributed by atoms with E-state index in [1.165, 1.54) is 35.0 Å². The summed E-state index contributed by atoms with van der Waals surface area (Å²) in [6, 6.07) is 12.5. The van der Waals surface area contributed by atoms with Crippen LogP contribution in [0.1, 0.15) is 0 Å². The van der Waals surface area contributed by atoms with Crippen LogP contribution in [0.5, 0.6) is 5.75 Å². The van der Waals surface area contributed by atoms with Crippen LogP contribution in [-0.2, 0) is 4.79 Å². The van der Waals surface area contributed by atoms with Gasteiger partial charge in [0.2, 0.25) is 6.41 Å². The van der Waals surface area contributed by atoms with Crippen LogP contribution in [0.25, 0.3) is 22.4 Å². The summed E-state index contributed by atoms with van der Waals surface area (Å²) in [5, 5.41) is 13.0. The van der Waals surface area contributed by atoms with Gasteiger partial charge < -0.3 is 14.8 Å². The molecule has 4 aromatic rings. The number of aromatic hydroxyl groups is 1. The standard InChI is InChI=1S/C18H12FN3O3/c19-12-4-5-15-11(6-12)7-16(22(15)10-23)17-9-20-18(25-17)21-13-2-1-3-14(24)8-13/h1-10,24H,(H,20,21). The van der Waals surface area contributed by atoms with E-state index in [1.54, 1.807) is 24.3 Å². The fraction of sp³-hybridized carbons (Fsp3) is 0. The number of carbonyl (C=O) groups is 1. The summed E-state index contributed by atoms with van der Waals surface area (Å²) in [4.78, 5) is 15.6. The maximum absolute atomic E-state index is 13.4. The van der Waals surface area contributed by atoms with Crippen molar-refractivity contribution >= 4 is 29.0 Å². The first-order valence-corrected chi connectivity index (χ1v) is 7.42. The van der Waals surface area contributed by atoms with Gasteiger partial charge in [0, 0.05) is 17.1 Å². The summed E-state index contributed by atoms with van der Waals surface area (Å²) in [5.41, 5.74) is 1.64. The number of phenols is 1. The van der Waals surface area contributed by atoms with E-state index >= 15 is 0 Å². The molecular formula is C18H12FN3O3. The van der Waals surface area contributed by atoms with Gasteiger partial charge in [-0.3, -0.25) is 9.36 Å². The molecule has 0 atom stereocenters. The Morgan fingerprint density at radius 1 is 1.20 bits per heavy atom. The highest BCUT2D eigenvalue weighted by Gasteiger charge is 2.15. The lowest BCUT2D eigenvalue weighted by Gasteiger charge is -2.02. The van der Waals surface area contributed by atoms with Crippen LogP contribution in [0, 0.1) is 5.82 Å². The molecule has 6 nitrogen and oxygen atoms in total. The molecule has 0 saturated heterocycles. The van der Waals surface area contributed by atoms with Crippen LogP contribution in [0.15, 0.2) is 59.1 Å². The van der Waals surface area contributed by atoms with Gasteiger partial charge >= 0.3 is 0 Å². The molecule has 2 N–H and O–H groups in total. The maximum Gasteiger partial charge on any atom is 0.299 e. The molecule has 0 fully saturated rings. The molecule has 0 bridgehead atoms. The van der Waals surface area contributed by atoms with Crippen molar-refractivity contribution in [3.8, 4) is 17.2 Å². The monoisotopic (exact) mass is 337 g/mol. The number of rotatable bonds is 4. The number of anilines is 2. The molecule has 0 unspecified atom stereocenters. The predicted octanol–water partition coefficient (Wildman–Crippen LogP) is 3.92. The quantitative estimate of drug-likeness (QED) is 0.552. The number of carbonyl (C=O) groups excluding carboxylic acids is 1. The molecule has 0 aliphatic carbocycles. The highest BCUT2D eigenvalue weighted by atomic mass is 19.1. The molecule has 0 aliphatic rings. The molecule has 7 heteroatoms. The van der Waals surface area contributed by atoms with E-state index in [-0.39, 0.29) is 17.6 Å². The minimum absolute atomic E-state index is 0.111. The highest BCUT2D eigenvalue weighted by molar-refractivity contribution is 5.92. The van der Waals surface area contributed by atoms with Crippen molar-refractivity contribution in [3.05, 3.63) is 60.5 Å². The molecule has 0 amide bonds. The van der Waals surface area contributed by atoms with E-state index in [9.17, 15) is 14.3 Å². The molecule has 0 radical (unpaired) electrons. The fourth-order valence-electron chi connectivity index (χ4n) is 2.67. The highest BCUT2D eigenvalue weighted by Crippen LogP contribution is 2.30. The number of hydrogen-bond acceptors (Lipinski definition) is 5. The van der Waals surface area contributed by atoms with Crippen molar-refractivity contribution in [2.75, 3.05) is 5.32 Å². The number of phenolic OH excluding ortho intramolecular Hbond substituents is 1. The Labute approximate surface area is 141 Å². The summed E-state index contributed by atoms with van der Waals surface area (Å²) in [5.74, 6) is 0.0807. The van der Waals surface area contributed by atoms with Crippen molar-refractivity contribution in [2.45, 2.75) is 0 Å².